The Bertz CT molecular complexity index is 768. The van der Waals surface area contributed by atoms with Crippen molar-refractivity contribution in [3.05, 3.63) is 56.9 Å². The summed E-state index contributed by atoms with van der Waals surface area (Å²) in [5.41, 5.74) is 2.82. The van der Waals surface area contributed by atoms with Crippen LogP contribution in [0.25, 0.3) is 0 Å². The molecule has 24 heavy (non-hydrogen) atoms. The van der Waals surface area contributed by atoms with Crippen molar-refractivity contribution in [1.29, 1.82) is 0 Å². The van der Waals surface area contributed by atoms with E-state index in [1.54, 1.807) is 31.2 Å². The smallest absolute Gasteiger partial charge is 0.264 e. The summed E-state index contributed by atoms with van der Waals surface area (Å²) >= 11 is 18.0. The van der Waals surface area contributed by atoms with Gasteiger partial charge >= 0.3 is 0 Å². The number of H-pyrrole nitrogens is 1. The molecule has 0 aliphatic carbocycles. The molecule has 1 aromatic carbocycles. The van der Waals surface area contributed by atoms with Crippen LogP contribution < -0.4 is 4.74 Å². The molecule has 6 nitrogen and oxygen atoms in total. The molecule has 1 aromatic heterocycles. The number of nitro groups is 1. The van der Waals surface area contributed by atoms with Gasteiger partial charge in [-0.1, -0.05) is 53.0 Å². The van der Waals surface area contributed by atoms with Crippen LogP contribution in [0.15, 0.2) is 24.3 Å². The second kappa shape index (κ2) is 6.10. The number of alkyl halides is 3. The van der Waals surface area contributed by atoms with Crippen LogP contribution in [0.4, 0.5) is 0 Å². The number of aromatic nitrogens is 2. The molecule has 3 unspecified atom stereocenters. The number of benzene rings is 1. The summed E-state index contributed by atoms with van der Waals surface area (Å²) < 4.78 is 3.76. The summed E-state index contributed by atoms with van der Waals surface area (Å²) in [6, 6.07) is 5.81. The fraction of sp³-hybridized carbons (Fsp3) is 0.400. The van der Waals surface area contributed by atoms with E-state index in [9.17, 15) is 10.1 Å². The molecule has 3 atom stereocenters. The number of ether oxygens (including phenoxy) is 1. The van der Waals surface area contributed by atoms with Gasteiger partial charge in [0.1, 0.15) is 5.75 Å². The van der Waals surface area contributed by atoms with Crippen LogP contribution in [-0.2, 0) is 0 Å². The first kappa shape index (κ1) is 17.3. The number of nitrogens with one attached hydrogen (secondary N) is 1. The van der Waals surface area contributed by atoms with E-state index in [0.717, 1.165) is 11.3 Å². The van der Waals surface area contributed by atoms with Crippen molar-refractivity contribution in [1.82, 2.24) is 10.2 Å². The van der Waals surface area contributed by atoms with Crippen molar-refractivity contribution in [2.24, 2.45) is 0 Å². The van der Waals surface area contributed by atoms with Gasteiger partial charge in [0.25, 0.3) is 6.04 Å². The Balaban J connectivity index is 2.27. The van der Waals surface area contributed by atoms with Crippen molar-refractivity contribution in [2.75, 3.05) is 0 Å². The molecule has 2 aromatic rings. The molecular weight excluding hydrogens is 377 g/mol. The summed E-state index contributed by atoms with van der Waals surface area (Å²) in [5, 5.41) is 18.9. The quantitative estimate of drug-likeness (QED) is 0.478. The number of fused-ring (bicyclic) bond motifs is 1. The molecule has 0 bridgehead atoms. The molecule has 1 N–H and O–H groups in total. The van der Waals surface area contributed by atoms with Gasteiger partial charge in [-0.3, -0.25) is 15.2 Å². The second-order valence-electron chi connectivity index (χ2n) is 5.72. The third-order valence-corrected chi connectivity index (χ3v) is 4.87. The zero-order chi connectivity index (χ0) is 17.6. The van der Waals surface area contributed by atoms with E-state index in [2.05, 4.69) is 10.2 Å². The molecule has 2 heterocycles. The Labute approximate surface area is 153 Å². The van der Waals surface area contributed by atoms with E-state index in [1.807, 2.05) is 6.92 Å². The molecule has 0 radical (unpaired) electrons. The lowest BCUT2D eigenvalue weighted by Crippen LogP contribution is -2.52. The summed E-state index contributed by atoms with van der Waals surface area (Å²) in [6.45, 7) is 3.60. The second-order valence-corrected chi connectivity index (χ2v) is 8.09. The molecule has 0 amide bonds. The van der Waals surface area contributed by atoms with Crippen molar-refractivity contribution in [2.45, 2.75) is 35.7 Å². The lowest BCUT2D eigenvalue weighted by atomic mass is 9.79. The van der Waals surface area contributed by atoms with Crippen LogP contribution in [0.3, 0.4) is 0 Å². The van der Waals surface area contributed by atoms with E-state index in [4.69, 9.17) is 39.5 Å². The molecular formula is C15H14Cl3N3O3. The summed E-state index contributed by atoms with van der Waals surface area (Å²) in [5.74, 6) is -0.166. The van der Waals surface area contributed by atoms with E-state index in [-0.39, 0.29) is 0 Å². The maximum Gasteiger partial charge on any atom is 0.264 e. The maximum absolute atomic E-state index is 11.9. The standard InChI is InChI=1S/C15H14Cl3N3O3/c1-7-11(8(2)20-19-7)12-9-5-3-4-6-10(9)24-14(15(16,17)18)13(12)21(22)23/h3-6,12-14H,1-2H3,(H,19,20). The summed E-state index contributed by atoms with van der Waals surface area (Å²) in [4.78, 5) is 11.4. The van der Waals surface area contributed by atoms with Crippen LogP contribution >= 0.6 is 34.8 Å². The zero-order valence-electron chi connectivity index (χ0n) is 12.8. The highest BCUT2D eigenvalue weighted by Gasteiger charge is 2.56. The highest BCUT2D eigenvalue weighted by atomic mass is 35.6. The van der Waals surface area contributed by atoms with Crippen LogP contribution in [0.1, 0.15) is 28.4 Å². The van der Waals surface area contributed by atoms with Gasteiger partial charge in [-0.25, -0.2) is 0 Å². The van der Waals surface area contributed by atoms with Crippen LogP contribution in [-0.4, -0.2) is 31.1 Å². The number of halogens is 3. The van der Waals surface area contributed by atoms with Crippen molar-refractivity contribution >= 4 is 34.8 Å². The number of aromatic amines is 1. The highest BCUT2D eigenvalue weighted by molar-refractivity contribution is 6.68. The lowest BCUT2D eigenvalue weighted by molar-refractivity contribution is -0.537. The average molecular weight is 391 g/mol. The number of rotatable bonds is 2. The van der Waals surface area contributed by atoms with Gasteiger partial charge in [0.2, 0.25) is 9.90 Å². The van der Waals surface area contributed by atoms with Crippen molar-refractivity contribution in [3.63, 3.8) is 0 Å². The molecule has 9 heteroatoms. The fourth-order valence-corrected chi connectivity index (χ4v) is 3.77. The van der Waals surface area contributed by atoms with Crippen LogP contribution in [0, 0.1) is 24.0 Å². The SMILES string of the molecule is Cc1n[nH]c(C)c1C1c2ccccc2OC(C(Cl)(Cl)Cl)C1[N+](=O)[O-]. The Morgan fingerprint density at radius 3 is 2.50 bits per heavy atom. The normalized spacial score (nSPS) is 23.5. The first-order valence-corrected chi connectivity index (χ1v) is 8.32. The van der Waals surface area contributed by atoms with Gasteiger partial charge in [0, 0.05) is 21.7 Å². The Morgan fingerprint density at radius 1 is 1.29 bits per heavy atom. The van der Waals surface area contributed by atoms with Gasteiger partial charge in [0.05, 0.1) is 11.6 Å². The first-order valence-electron chi connectivity index (χ1n) is 7.19. The fourth-order valence-electron chi connectivity index (χ4n) is 3.25. The van der Waals surface area contributed by atoms with Gasteiger partial charge in [-0.2, -0.15) is 5.10 Å². The molecule has 0 saturated carbocycles. The zero-order valence-corrected chi connectivity index (χ0v) is 15.1. The molecule has 128 valence electrons. The minimum absolute atomic E-state index is 0.445. The lowest BCUT2D eigenvalue weighted by Gasteiger charge is -2.37. The number of nitrogens with zero attached hydrogens (tertiary/aromatic N) is 2. The average Bonchev–Trinajstić information content (AvgIpc) is 2.83. The molecule has 1 aliphatic heterocycles. The minimum atomic E-state index is -1.95. The Morgan fingerprint density at radius 2 is 1.96 bits per heavy atom. The molecule has 0 spiro atoms. The van der Waals surface area contributed by atoms with Crippen LogP contribution in [0.2, 0.25) is 0 Å². The Hall–Kier alpha value is -1.50. The number of hydrogen-bond acceptors (Lipinski definition) is 4. The predicted molar refractivity (Wildman–Crippen MR) is 91.8 cm³/mol. The third kappa shape index (κ3) is 2.83. The predicted octanol–water partition coefficient (Wildman–Crippen LogP) is 3.93. The monoisotopic (exact) mass is 389 g/mol. The highest BCUT2D eigenvalue weighted by Crippen LogP contribution is 2.48. The Kier molecular flexibility index (Phi) is 4.40. The third-order valence-electron chi connectivity index (χ3n) is 4.22. The van der Waals surface area contributed by atoms with E-state index >= 15 is 0 Å². The molecule has 3 rings (SSSR count). The van der Waals surface area contributed by atoms with Gasteiger partial charge < -0.3 is 4.74 Å². The van der Waals surface area contributed by atoms with Crippen molar-refractivity contribution in [3.8, 4) is 5.75 Å². The molecule has 0 fully saturated rings. The van der Waals surface area contributed by atoms with Gasteiger partial charge in [0.15, 0.2) is 0 Å². The van der Waals surface area contributed by atoms with E-state index < -0.39 is 26.8 Å². The van der Waals surface area contributed by atoms with E-state index in [1.165, 1.54) is 0 Å². The molecule has 0 saturated heterocycles. The maximum atomic E-state index is 11.9. The largest absolute Gasteiger partial charge is 0.478 e. The number of hydrogen-bond donors (Lipinski definition) is 1. The summed E-state index contributed by atoms with van der Waals surface area (Å²) in [7, 11) is 0. The van der Waals surface area contributed by atoms with E-state index in [0.29, 0.717) is 17.0 Å². The first-order chi connectivity index (χ1) is 11.2. The topological polar surface area (TPSA) is 81.0 Å². The van der Waals surface area contributed by atoms with Gasteiger partial charge in [-0.05, 0) is 19.9 Å². The summed E-state index contributed by atoms with van der Waals surface area (Å²) in [6.07, 6.45) is -1.23. The number of para-hydroxylation sites is 1. The minimum Gasteiger partial charge on any atom is -0.478 e. The van der Waals surface area contributed by atoms with Crippen LogP contribution in [0.5, 0.6) is 5.75 Å². The molecule has 1 aliphatic rings. The van der Waals surface area contributed by atoms with Crippen molar-refractivity contribution < 1.29 is 9.66 Å². The van der Waals surface area contributed by atoms with Gasteiger partial charge in [-0.15, -0.1) is 0 Å². The number of aryl methyl sites for hydroxylation is 2.